The number of benzene rings is 2. The van der Waals surface area contributed by atoms with Crippen molar-refractivity contribution in [3.63, 3.8) is 0 Å². The van der Waals surface area contributed by atoms with Crippen molar-refractivity contribution >= 4 is 33.4 Å². The molecule has 0 atom stereocenters. The van der Waals surface area contributed by atoms with Gasteiger partial charge in [0.15, 0.2) is 0 Å². The molecule has 0 radical (unpaired) electrons. The average Bonchev–Trinajstić information content (AvgIpc) is 2.29. The first-order valence-electron chi connectivity index (χ1n) is 4.75. The molecule has 0 unspecified atom stereocenters. The van der Waals surface area contributed by atoms with Crippen LogP contribution in [0.2, 0.25) is 0 Å². The second-order valence-electron chi connectivity index (χ2n) is 3.34. The standard InChI is InChI=1S/C12H8BrF2NS/c13-7-5-10(16)12(6-9(7)15)17-11-4-2-1-3-8(11)14/h1-6H,16H2. The van der Waals surface area contributed by atoms with Gasteiger partial charge < -0.3 is 5.73 Å². The Morgan fingerprint density at radius 1 is 1.00 bits per heavy atom. The fraction of sp³-hybridized carbons (Fsp3) is 0. The summed E-state index contributed by atoms with van der Waals surface area (Å²) in [5.74, 6) is -0.765. The van der Waals surface area contributed by atoms with Crippen LogP contribution in [0.15, 0.2) is 50.7 Å². The molecule has 0 saturated carbocycles. The molecule has 88 valence electrons. The Hall–Kier alpha value is -1.07. The van der Waals surface area contributed by atoms with Gasteiger partial charge in [0.05, 0.1) is 4.47 Å². The number of rotatable bonds is 2. The van der Waals surface area contributed by atoms with E-state index in [2.05, 4.69) is 15.9 Å². The van der Waals surface area contributed by atoms with Crippen molar-refractivity contribution in [2.75, 3.05) is 5.73 Å². The molecular formula is C12H8BrF2NS. The molecule has 0 aliphatic carbocycles. The number of hydrogen-bond donors (Lipinski definition) is 1. The molecule has 0 spiro atoms. The van der Waals surface area contributed by atoms with E-state index >= 15 is 0 Å². The van der Waals surface area contributed by atoms with E-state index in [0.29, 0.717) is 20.0 Å². The topological polar surface area (TPSA) is 26.0 Å². The summed E-state index contributed by atoms with van der Waals surface area (Å²) >= 11 is 4.14. The molecule has 0 bridgehead atoms. The maximum atomic E-state index is 13.4. The zero-order valence-corrected chi connectivity index (χ0v) is 11.0. The normalized spacial score (nSPS) is 10.5. The molecule has 0 aromatic heterocycles. The van der Waals surface area contributed by atoms with Gasteiger partial charge >= 0.3 is 0 Å². The van der Waals surface area contributed by atoms with E-state index in [-0.39, 0.29) is 5.82 Å². The third-order valence-electron chi connectivity index (χ3n) is 2.11. The Labute approximate surface area is 110 Å². The molecule has 0 fully saturated rings. The Balaban J connectivity index is 2.37. The van der Waals surface area contributed by atoms with Gasteiger partial charge in [0.1, 0.15) is 11.6 Å². The van der Waals surface area contributed by atoms with Gasteiger partial charge in [-0.25, -0.2) is 8.78 Å². The number of anilines is 1. The number of nitrogens with two attached hydrogens (primary N) is 1. The van der Waals surface area contributed by atoms with Gasteiger partial charge in [-0.2, -0.15) is 0 Å². The predicted molar refractivity (Wildman–Crippen MR) is 69.0 cm³/mol. The molecule has 0 heterocycles. The number of hydrogen-bond acceptors (Lipinski definition) is 2. The van der Waals surface area contributed by atoms with Crippen LogP contribution in [0, 0.1) is 11.6 Å². The van der Waals surface area contributed by atoms with E-state index in [1.165, 1.54) is 18.2 Å². The van der Waals surface area contributed by atoms with Gasteiger partial charge in [0.2, 0.25) is 0 Å². The lowest BCUT2D eigenvalue weighted by atomic mass is 10.3. The SMILES string of the molecule is Nc1cc(Br)c(F)cc1Sc1ccccc1F. The Morgan fingerprint density at radius 2 is 1.71 bits per heavy atom. The molecule has 0 saturated heterocycles. The molecule has 2 N–H and O–H groups in total. The van der Waals surface area contributed by atoms with Crippen LogP contribution in [-0.2, 0) is 0 Å². The fourth-order valence-electron chi connectivity index (χ4n) is 1.28. The van der Waals surface area contributed by atoms with Crippen molar-refractivity contribution < 1.29 is 8.78 Å². The highest BCUT2D eigenvalue weighted by Gasteiger charge is 2.09. The van der Waals surface area contributed by atoms with E-state index in [9.17, 15) is 8.78 Å². The lowest BCUT2D eigenvalue weighted by Crippen LogP contribution is -1.91. The fourth-order valence-corrected chi connectivity index (χ4v) is 2.53. The smallest absolute Gasteiger partial charge is 0.138 e. The first-order valence-corrected chi connectivity index (χ1v) is 6.36. The lowest BCUT2D eigenvalue weighted by molar-refractivity contribution is 0.601. The van der Waals surface area contributed by atoms with Crippen LogP contribution in [0.1, 0.15) is 0 Å². The van der Waals surface area contributed by atoms with Crippen LogP contribution in [0.4, 0.5) is 14.5 Å². The summed E-state index contributed by atoms with van der Waals surface area (Å²) in [6.45, 7) is 0. The second kappa shape index (κ2) is 5.06. The summed E-state index contributed by atoms with van der Waals surface area (Å²) in [5, 5.41) is 0. The first kappa shape index (κ1) is 12.4. The van der Waals surface area contributed by atoms with Gasteiger partial charge in [-0.15, -0.1) is 0 Å². The van der Waals surface area contributed by atoms with Gasteiger partial charge in [-0.05, 0) is 40.2 Å². The molecule has 1 nitrogen and oxygen atoms in total. The molecule has 2 aromatic rings. The number of halogens is 3. The maximum Gasteiger partial charge on any atom is 0.138 e. The van der Waals surface area contributed by atoms with Crippen molar-refractivity contribution in [2.45, 2.75) is 9.79 Å². The monoisotopic (exact) mass is 315 g/mol. The highest BCUT2D eigenvalue weighted by Crippen LogP contribution is 2.35. The van der Waals surface area contributed by atoms with Crippen molar-refractivity contribution in [1.29, 1.82) is 0 Å². The summed E-state index contributed by atoms with van der Waals surface area (Å²) in [6.07, 6.45) is 0. The lowest BCUT2D eigenvalue weighted by Gasteiger charge is -2.07. The molecule has 17 heavy (non-hydrogen) atoms. The highest BCUT2D eigenvalue weighted by molar-refractivity contribution is 9.10. The number of nitrogen functional groups attached to an aromatic ring is 1. The minimum atomic E-state index is -0.418. The van der Waals surface area contributed by atoms with Gasteiger partial charge in [-0.1, -0.05) is 23.9 Å². The molecule has 2 rings (SSSR count). The zero-order chi connectivity index (χ0) is 12.4. The van der Waals surface area contributed by atoms with E-state index in [1.54, 1.807) is 18.2 Å². The summed E-state index contributed by atoms with van der Waals surface area (Å²) in [5.41, 5.74) is 6.16. The van der Waals surface area contributed by atoms with E-state index < -0.39 is 5.82 Å². The quantitative estimate of drug-likeness (QED) is 0.828. The van der Waals surface area contributed by atoms with Crippen LogP contribution >= 0.6 is 27.7 Å². The highest BCUT2D eigenvalue weighted by atomic mass is 79.9. The van der Waals surface area contributed by atoms with E-state index in [4.69, 9.17) is 5.73 Å². The average molecular weight is 316 g/mol. The summed E-state index contributed by atoms with van der Waals surface area (Å²) in [7, 11) is 0. The Kier molecular flexibility index (Phi) is 3.69. The van der Waals surface area contributed by atoms with Gasteiger partial charge in [-0.3, -0.25) is 0 Å². The third-order valence-corrected chi connectivity index (χ3v) is 3.84. The Morgan fingerprint density at radius 3 is 2.41 bits per heavy atom. The molecule has 0 aliphatic heterocycles. The second-order valence-corrected chi connectivity index (χ2v) is 5.27. The molecule has 2 aromatic carbocycles. The van der Waals surface area contributed by atoms with E-state index in [0.717, 1.165) is 11.8 Å². The summed E-state index contributed by atoms with van der Waals surface area (Å²) in [4.78, 5) is 0.914. The molecule has 5 heteroatoms. The molecule has 0 aliphatic rings. The zero-order valence-electron chi connectivity index (χ0n) is 8.58. The third kappa shape index (κ3) is 2.79. The summed E-state index contributed by atoms with van der Waals surface area (Å²) < 4.78 is 27.1. The maximum absolute atomic E-state index is 13.4. The summed E-state index contributed by atoms with van der Waals surface area (Å²) in [6, 6.07) is 9.06. The minimum absolute atomic E-state index is 0.299. The largest absolute Gasteiger partial charge is 0.398 e. The minimum Gasteiger partial charge on any atom is -0.398 e. The molecular weight excluding hydrogens is 308 g/mol. The van der Waals surface area contributed by atoms with Crippen LogP contribution in [0.3, 0.4) is 0 Å². The van der Waals surface area contributed by atoms with E-state index in [1.807, 2.05) is 0 Å². The van der Waals surface area contributed by atoms with Crippen LogP contribution in [0.25, 0.3) is 0 Å². The van der Waals surface area contributed by atoms with Crippen molar-refractivity contribution in [3.8, 4) is 0 Å². The van der Waals surface area contributed by atoms with Crippen LogP contribution < -0.4 is 5.73 Å². The molecule has 0 amide bonds. The van der Waals surface area contributed by atoms with Gasteiger partial charge in [0.25, 0.3) is 0 Å². The Bertz CT molecular complexity index is 560. The van der Waals surface area contributed by atoms with Crippen molar-refractivity contribution in [3.05, 3.63) is 52.5 Å². The van der Waals surface area contributed by atoms with Gasteiger partial charge in [0, 0.05) is 15.5 Å². The first-order chi connectivity index (χ1) is 8.08. The van der Waals surface area contributed by atoms with Crippen LogP contribution in [-0.4, -0.2) is 0 Å². The van der Waals surface area contributed by atoms with Crippen molar-refractivity contribution in [2.24, 2.45) is 0 Å². The predicted octanol–water partition coefficient (Wildman–Crippen LogP) is 4.46. The van der Waals surface area contributed by atoms with Crippen LogP contribution in [0.5, 0.6) is 0 Å². The van der Waals surface area contributed by atoms with Crippen molar-refractivity contribution in [1.82, 2.24) is 0 Å².